The summed E-state index contributed by atoms with van der Waals surface area (Å²) in [6.45, 7) is 4.01. The molecule has 0 spiro atoms. The molecule has 1 aliphatic rings. The highest BCUT2D eigenvalue weighted by molar-refractivity contribution is 6.05. The number of hydrogen-bond acceptors (Lipinski definition) is 3. The van der Waals surface area contributed by atoms with Crippen molar-refractivity contribution in [3.05, 3.63) is 58.9 Å². The average molecular weight is 323 g/mol. The quantitative estimate of drug-likeness (QED) is 0.888. The molecule has 1 aromatic heterocycles. The van der Waals surface area contributed by atoms with E-state index in [9.17, 15) is 9.59 Å². The fourth-order valence-electron chi connectivity index (χ4n) is 2.57. The Labute approximate surface area is 141 Å². The Morgan fingerprint density at radius 1 is 1.21 bits per heavy atom. The van der Waals surface area contributed by atoms with E-state index in [0.29, 0.717) is 5.56 Å². The van der Waals surface area contributed by atoms with E-state index in [1.807, 2.05) is 32.0 Å². The number of aromatic nitrogens is 1. The van der Waals surface area contributed by atoms with E-state index in [4.69, 9.17) is 0 Å². The molecule has 0 atom stereocenters. The fraction of sp³-hybridized carbons (Fsp3) is 0.316. The first-order chi connectivity index (χ1) is 11.6. The van der Waals surface area contributed by atoms with E-state index in [-0.39, 0.29) is 23.6 Å². The van der Waals surface area contributed by atoms with Gasteiger partial charge in [0.1, 0.15) is 5.69 Å². The van der Waals surface area contributed by atoms with Crippen LogP contribution in [0.3, 0.4) is 0 Å². The Bertz CT molecular complexity index is 782. The number of carbonyl (C=O) groups is 2. The molecule has 124 valence electrons. The smallest absolute Gasteiger partial charge is 0.274 e. The molecule has 1 saturated carbocycles. The van der Waals surface area contributed by atoms with Crippen molar-refractivity contribution >= 4 is 17.5 Å². The molecule has 24 heavy (non-hydrogen) atoms. The Morgan fingerprint density at radius 3 is 2.71 bits per heavy atom. The minimum absolute atomic E-state index is 0.154. The summed E-state index contributed by atoms with van der Waals surface area (Å²) in [4.78, 5) is 28.8. The third-order valence-electron chi connectivity index (χ3n) is 4.15. The lowest BCUT2D eigenvalue weighted by atomic mass is 10.1. The summed E-state index contributed by atoms with van der Waals surface area (Å²) in [5, 5.41) is 5.85. The minimum Gasteiger partial charge on any atom is -0.349 e. The largest absolute Gasteiger partial charge is 0.349 e. The maximum absolute atomic E-state index is 12.5. The lowest BCUT2D eigenvalue weighted by molar-refractivity contribution is 0.0951. The van der Waals surface area contributed by atoms with Crippen molar-refractivity contribution < 1.29 is 9.59 Å². The highest BCUT2D eigenvalue weighted by Gasteiger charge is 2.24. The van der Waals surface area contributed by atoms with Crippen molar-refractivity contribution in [2.45, 2.75) is 39.2 Å². The summed E-state index contributed by atoms with van der Waals surface area (Å²) in [5.74, 6) is -0.459. The van der Waals surface area contributed by atoms with Crippen LogP contribution >= 0.6 is 0 Å². The number of nitrogens with zero attached hydrogens (tertiary/aromatic N) is 1. The van der Waals surface area contributed by atoms with Crippen molar-refractivity contribution in [2.75, 3.05) is 5.32 Å². The van der Waals surface area contributed by atoms with Gasteiger partial charge in [0.15, 0.2) is 0 Å². The van der Waals surface area contributed by atoms with Crippen molar-refractivity contribution in [2.24, 2.45) is 0 Å². The lowest BCUT2D eigenvalue weighted by Crippen LogP contribution is -2.26. The second kappa shape index (κ2) is 6.83. The minimum atomic E-state index is -0.305. The topological polar surface area (TPSA) is 71.1 Å². The standard InChI is InChI=1S/C19H21N3O2/c1-3-13-6-4-5-12(2)17(13)22-19(24)16-11-14(9-10-20-16)18(23)21-15-7-8-15/h4-6,9-11,15H,3,7-8H2,1-2H3,(H,21,23)(H,22,24). The van der Waals surface area contributed by atoms with Gasteiger partial charge in [0.2, 0.25) is 0 Å². The third kappa shape index (κ3) is 3.62. The Hall–Kier alpha value is -2.69. The van der Waals surface area contributed by atoms with Crippen LogP contribution in [0.25, 0.3) is 0 Å². The molecule has 3 rings (SSSR count). The van der Waals surface area contributed by atoms with Crippen LogP contribution in [0.1, 0.15) is 51.7 Å². The van der Waals surface area contributed by atoms with E-state index >= 15 is 0 Å². The molecular weight excluding hydrogens is 302 g/mol. The molecule has 1 aliphatic carbocycles. The van der Waals surface area contributed by atoms with Gasteiger partial charge in [-0.3, -0.25) is 14.6 Å². The van der Waals surface area contributed by atoms with Gasteiger partial charge in [0.25, 0.3) is 11.8 Å². The van der Waals surface area contributed by atoms with Gasteiger partial charge in [-0.1, -0.05) is 25.1 Å². The SMILES string of the molecule is CCc1cccc(C)c1NC(=O)c1cc(C(=O)NC2CC2)ccn1. The molecule has 0 radical (unpaired) electrons. The normalized spacial score (nSPS) is 13.4. The Balaban J connectivity index is 1.79. The summed E-state index contributed by atoms with van der Waals surface area (Å²) in [7, 11) is 0. The van der Waals surface area contributed by atoms with Crippen LogP contribution in [0.15, 0.2) is 36.5 Å². The number of pyridine rings is 1. The molecule has 0 saturated heterocycles. The molecule has 2 aromatic rings. The number of carbonyl (C=O) groups excluding carboxylic acids is 2. The summed E-state index contributed by atoms with van der Waals surface area (Å²) >= 11 is 0. The summed E-state index contributed by atoms with van der Waals surface area (Å²) < 4.78 is 0. The van der Waals surface area contributed by atoms with E-state index in [2.05, 4.69) is 15.6 Å². The van der Waals surface area contributed by atoms with Gasteiger partial charge in [0.05, 0.1) is 0 Å². The predicted molar refractivity (Wildman–Crippen MR) is 93.2 cm³/mol. The molecule has 1 fully saturated rings. The Morgan fingerprint density at radius 2 is 2.00 bits per heavy atom. The van der Waals surface area contributed by atoms with Crippen LogP contribution < -0.4 is 10.6 Å². The van der Waals surface area contributed by atoms with E-state index in [0.717, 1.165) is 36.1 Å². The summed E-state index contributed by atoms with van der Waals surface area (Å²) in [5.41, 5.74) is 3.60. The molecule has 1 heterocycles. The highest BCUT2D eigenvalue weighted by Crippen LogP contribution is 2.22. The van der Waals surface area contributed by atoms with Gasteiger partial charge in [-0.2, -0.15) is 0 Å². The Kier molecular flexibility index (Phi) is 4.60. The molecule has 0 bridgehead atoms. The second-order valence-electron chi connectivity index (χ2n) is 6.09. The van der Waals surface area contributed by atoms with Crippen LogP contribution in [-0.4, -0.2) is 22.8 Å². The van der Waals surface area contributed by atoms with Crippen LogP contribution in [0.5, 0.6) is 0 Å². The number of amides is 2. The van der Waals surface area contributed by atoms with Gasteiger partial charge >= 0.3 is 0 Å². The molecule has 1 aromatic carbocycles. The van der Waals surface area contributed by atoms with Crippen LogP contribution in [0.2, 0.25) is 0 Å². The summed E-state index contributed by atoms with van der Waals surface area (Å²) in [6.07, 6.45) is 4.37. The first-order valence-corrected chi connectivity index (χ1v) is 8.25. The molecule has 5 heteroatoms. The number of nitrogens with one attached hydrogen (secondary N) is 2. The predicted octanol–water partition coefficient (Wildman–Crippen LogP) is 3.10. The van der Waals surface area contributed by atoms with E-state index in [1.54, 1.807) is 6.07 Å². The molecule has 2 N–H and O–H groups in total. The number of anilines is 1. The highest BCUT2D eigenvalue weighted by atomic mass is 16.2. The van der Waals surface area contributed by atoms with Gasteiger partial charge in [-0.05, 0) is 49.4 Å². The summed E-state index contributed by atoms with van der Waals surface area (Å²) in [6, 6.07) is 9.38. The second-order valence-corrected chi connectivity index (χ2v) is 6.09. The van der Waals surface area contributed by atoms with Gasteiger partial charge in [-0.15, -0.1) is 0 Å². The van der Waals surface area contributed by atoms with Gasteiger partial charge in [-0.25, -0.2) is 0 Å². The molecule has 5 nitrogen and oxygen atoms in total. The first-order valence-electron chi connectivity index (χ1n) is 8.25. The maximum Gasteiger partial charge on any atom is 0.274 e. The number of benzene rings is 1. The van der Waals surface area contributed by atoms with Gasteiger partial charge in [0, 0.05) is 23.5 Å². The van der Waals surface area contributed by atoms with Crippen molar-refractivity contribution in [1.29, 1.82) is 0 Å². The number of hydrogen-bond donors (Lipinski definition) is 2. The molecule has 2 amide bonds. The number of para-hydroxylation sites is 1. The molecule has 0 aliphatic heterocycles. The van der Waals surface area contributed by atoms with Crippen LogP contribution in [-0.2, 0) is 6.42 Å². The maximum atomic E-state index is 12.5. The van der Waals surface area contributed by atoms with Crippen molar-refractivity contribution in [3.8, 4) is 0 Å². The van der Waals surface area contributed by atoms with Crippen LogP contribution in [0, 0.1) is 6.92 Å². The van der Waals surface area contributed by atoms with E-state index in [1.165, 1.54) is 12.3 Å². The van der Waals surface area contributed by atoms with E-state index < -0.39 is 0 Å². The lowest BCUT2D eigenvalue weighted by Gasteiger charge is -2.13. The number of aryl methyl sites for hydroxylation is 2. The monoisotopic (exact) mass is 323 g/mol. The molecular formula is C19H21N3O2. The average Bonchev–Trinajstić information content (AvgIpc) is 3.40. The molecule has 0 unspecified atom stereocenters. The zero-order valence-electron chi connectivity index (χ0n) is 13.9. The third-order valence-corrected chi connectivity index (χ3v) is 4.15. The van der Waals surface area contributed by atoms with Crippen molar-refractivity contribution in [1.82, 2.24) is 10.3 Å². The zero-order valence-corrected chi connectivity index (χ0v) is 13.9. The van der Waals surface area contributed by atoms with Crippen LogP contribution in [0.4, 0.5) is 5.69 Å². The number of rotatable bonds is 5. The fourth-order valence-corrected chi connectivity index (χ4v) is 2.57. The van der Waals surface area contributed by atoms with Crippen molar-refractivity contribution in [3.63, 3.8) is 0 Å². The van der Waals surface area contributed by atoms with Gasteiger partial charge < -0.3 is 10.6 Å². The zero-order chi connectivity index (χ0) is 17.1. The first kappa shape index (κ1) is 16.2.